The first-order valence-corrected chi connectivity index (χ1v) is 7.25. The largest absolute Gasteiger partial charge is 0.317 e. The first-order valence-electron chi connectivity index (χ1n) is 6.04. The SMILES string of the molecule is CNC1CCCC(S(=O)c2cccc(F)c2)C1. The summed E-state index contributed by atoms with van der Waals surface area (Å²) in [6, 6.07) is 6.60. The zero-order chi connectivity index (χ0) is 12.3. The molecule has 1 aromatic carbocycles. The Hall–Kier alpha value is -0.740. The molecule has 0 aromatic heterocycles. The van der Waals surface area contributed by atoms with Gasteiger partial charge in [-0.25, -0.2) is 4.39 Å². The maximum Gasteiger partial charge on any atom is 0.124 e. The van der Waals surface area contributed by atoms with Crippen molar-refractivity contribution in [3.63, 3.8) is 0 Å². The number of benzene rings is 1. The number of hydrogen-bond donors (Lipinski definition) is 1. The molecule has 94 valence electrons. The van der Waals surface area contributed by atoms with Gasteiger partial charge in [-0.05, 0) is 44.5 Å². The normalized spacial score (nSPS) is 26.7. The minimum atomic E-state index is -1.08. The fraction of sp³-hybridized carbons (Fsp3) is 0.538. The fourth-order valence-electron chi connectivity index (χ4n) is 2.39. The second-order valence-corrected chi connectivity index (χ2v) is 6.26. The van der Waals surface area contributed by atoms with Gasteiger partial charge in [0.2, 0.25) is 0 Å². The van der Waals surface area contributed by atoms with E-state index >= 15 is 0 Å². The van der Waals surface area contributed by atoms with Crippen LogP contribution >= 0.6 is 0 Å². The Morgan fingerprint density at radius 1 is 1.41 bits per heavy atom. The van der Waals surface area contributed by atoms with E-state index in [1.54, 1.807) is 12.1 Å². The van der Waals surface area contributed by atoms with Crippen LogP contribution in [-0.2, 0) is 10.8 Å². The number of nitrogens with one attached hydrogen (secondary N) is 1. The lowest BCUT2D eigenvalue weighted by atomic mass is 9.95. The average molecular weight is 255 g/mol. The molecule has 0 bridgehead atoms. The predicted molar refractivity (Wildman–Crippen MR) is 67.9 cm³/mol. The van der Waals surface area contributed by atoms with E-state index in [0.717, 1.165) is 25.7 Å². The van der Waals surface area contributed by atoms with Crippen LogP contribution < -0.4 is 5.32 Å². The lowest BCUT2D eigenvalue weighted by Crippen LogP contribution is -2.35. The third kappa shape index (κ3) is 3.13. The van der Waals surface area contributed by atoms with Crippen LogP contribution in [0.3, 0.4) is 0 Å². The van der Waals surface area contributed by atoms with Crippen molar-refractivity contribution in [2.75, 3.05) is 7.05 Å². The summed E-state index contributed by atoms with van der Waals surface area (Å²) >= 11 is 0. The molecule has 0 heterocycles. The molecular formula is C13H18FNOS. The summed E-state index contributed by atoms with van der Waals surface area (Å²) in [4.78, 5) is 0.617. The van der Waals surface area contributed by atoms with Gasteiger partial charge in [-0.1, -0.05) is 12.5 Å². The molecule has 0 aliphatic heterocycles. The van der Waals surface area contributed by atoms with E-state index in [0.29, 0.717) is 10.9 Å². The molecule has 17 heavy (non-hydrogen) atoms. The molecule has 0 saturated heterocycles. The molecule has 1 saturated carbocycles. The van der Waals surface area contributed by atoms with E-state index in [1.807, 2.05) is 7.05 Å². The third-order valence-electron chi connectivity index (χ3n) is 3.37. The van der Waals surface area contributed by atoms with Crippen LogP contribution in [0.15, 0.2) is 29.2 Å². The molecule has 1 aliphatic carbocycles. The van der Waals surface area contributed by atoms with Crippen LogP contribution in [0.5, 0.6) is 0 Å². The molecule has 1 fully saturated rings. The number of rotatable bonds is 3. The Balaban J connectivity index is 2.09. The summed E-state index contributed by atoms with van der Waals surface area (Å²) in [5, 5.41) is 3.40. The monoisotopic (exact) mass is 255 g/mol. The number of halogens is 1. The Morgan fingerprint density at radius 3 is 2.94 bits per heavy atom. The maximum atomic E-state index is 13.1. The molecule has 0 radical (unpaired) electrons. The van der Waals surface area contributed by atoms with Crippen LogP contribution in [0, 0.1) is 5.82 Å². The maximum absolute atomic E-state index is 13.1. The minimum absolute atomic E-state index is 0.156. The van der Waals surface area contributed by atoms with Crippen LogP contribution in [0.25, 0.3) is 0 Å². The summed E-state index contributed by atoms with van der Waals surface area (Å²) in [6.45, 7) is 0. The summed E-state index contributed by atoms with van der Waals surface area (Å²) in [5.41, 5.74) is 0. The van der Waals surface area contributed by atoms with Crippen molar-refractivity contribution in [3.05, 3.63) is 30.1 Å². The molecule has 1 aromatic rings. The average Bonchev–Trinajstić information content (AvgIpc) is 2.38. The van der Waals surface area contributed by atoms with Gasteiger partial charge in [-0.3, -0.25) is 4.21 Å². The van der Waals surface area contributed by atoms with E-state index < -0.39 is 10.8 Å². The number of hydrogen-bond acceptors (Lipinski definition) is 2. The molecule has 1 aliphatic rings. The Bertz CT molecular complexity index is 410. The molecule has 0 spiro atoms. The van der Waals surface area contributed by atoms with Crippen molar-refractivity contribution < 1.29 is 8.60 Å². The molecule has 2 rings (SSSR count). The molecule has 1 N–H and O–H groups in total. The van der Waals surface area contributed by atoms with Gasteiger partial charge in [0.25, 0.3) is 0 Å². The van der Waals surface area contributed by atoms with Gasteiger partial charge >= 0.3 is 0 Å². The van der Waals surface area contributed by atoms with Crippen molar-refractivity contribution in [1.82, 2.24) is 5.32 Å². The van der Waals surface area contributed by atoms with Crippen molar-refractivity contribution in [2.45, 2.75) is 41.9 Å². The van der Waals surface area contributed by atoms with Crippen molar-refractivity contribution in [3.8, 4) is 0 Å². The molecular weight excluding hydrogens is 237 g/mol. The second kappa shape index (κ2) is 5.74. The Labute approximate surface area is 104 Å². The van der Waals surface area contributed by atoms with E-state index in [1.165, 1.54) is 12.1 Å². The highest BCUT2D eigenvalue weighted by Gasteiger charge is 2.26. The van der Waals surface area contributed by atoms with Gasteiger partial charge in [0.15, 0.2) is 0 Å². The van der Waals surface area contributed by atoms with Crippen molar-refractivity contribution >= 4 is 10.8 Å². The molecule has 3 atom stereocenters. The van der Waals surface area contributed by atoms with Crippen LogP contribution in [0.4, 0.5) is 4.39 Å². The minimum Gasteiger partial charge on any atom is -0.317 e. The van der Waals surface area contributed by atoms with E-state index in [-0.39, 0.29) is 11.1 Å². The highest BCUT2D eigenvalue weighted by molar-refractivity contribution is 7.85. The highest BCUT2D eigenvalue weighted by Crippen LogP contribution is 2.26. The quantitative estimate of drug-likeness (QED) is 0.899. The van der Waals surface area contributed by atoms with E-state index in [4.69, 9.17) is 0 Å². The second-order valence-electron chi connectivity index (χ2n) is 4.53. The fourth-order valence-corrected chi connectivity index (χ4v) is 4.00. The van der Waals surface area contributed by atoms with E-state index in [2.05, 4.69) is 5.32 Å². The van der Waals surface area contributed by atoms with Crippen LogP contribution in [-0.4, -0.2) is 22.5 Å². The standard InChI is InChI=1S/C13H18FNOS/c1-15-11-5-3-7-13(9-11)17(16)12-6-2-4-10(14)8-12/h2,4,6,8,11,13,15H,3,5,7,9H2,1H3. The molecule has 0 amide bonds. The van der Waals surface area contributed by atoms with Crippen LogP contribution in [0.1, 0.15) is 25.7 Å². The van der Waals surface area contributed by atoms with Gasteiger partial charge in [0.05, 0.1) is 10.8 Å². The van der Waals surface area contributed by atoms with Crippen molar-refractivity contribution in [2.24, 2.45) is 0 Å². The zero-order valence-corrected chi connectivity index (χ0v) is 10.8. The summed E-state index contributed by atoms with van der Waals surface area (Å²) in [6.07, 6.45) is 4.13. The van der Waals surface area contributed by atoms with Gasteiger partial charge in [0.1, 0.15) is 5.82 Å². The zero-order valence-electron chi connectivity index (χ0n) is 9.99. The summed E-state index contributed by atoms with van der Waals surface area (Å²) in [7, 11) is 0.860. The van der Waals surface area contributed by atoms with Gasteiger partial charge in [-0.2, -0.15) is 0 Å². The predicted octanol–water partition coefficient (Wildman–Crippen LogP) is 2.46. The van der Waals surface area contributed by atoms with Gasteiger partial charge in [0, 0.05) is 16.2 Å². The first-order chi connectivity index (χ1) is 8.20. The van der Waals surface area contributed by atoms with Crippen molar-refractivity contribution in [1.29, 1.82) is 0 Å². The smallest absolute Gasteiger partial charge is 0.124 e. The van der Waals surface area contributed by atoms with Crippen LogP contribution in [0.2, 0.25) is 0 Å². The molecule has 3 unspecified atom stereocenters. The third-order valence-corrected chi connectivity index (χ3v) is 5.12. The summed E-state index contributed by atoms with van der Waals surface area (Å²) in [5.74, 6) is -0.308. The lowest BCUT2D eigenvalue weighted by molar-refractivity contribution is 0.398. The topological polar surface area (TPSA) is 29.1 Å². The molecule has 2 nitrogen and oxygen atoms in total. The van der Waals surface area contributed by atoms with Gasteiger partial charge < -0.3 is 5.32 Å². The summed E-state index contributed by atoms with van der Waals surface area (Å²) < 4.78 is 25.4. The van der Waals surface area contributed by atoms with Gasteiger partial charge in [-0.15, -0.1) is 0 Å². The van der Waals surface area contributed by atoms with E-state index in [9.17, 15) is 8.60 Å². The molecule has 4 heteroatoms. The lowest BCUT2D eigenvalue weighted by Gasteiger charge is -2.28. The highest BCUT2D eigenvalue weighted by atomic mass is 32.2. The Morgan fingerprint density at radius 2 is 2.24 bits per heavy atom. The Kier molecular flexibility index (Phi) is 4.29. The first kappa shape index (κ1) is 12.7.